The number of rotatable bonds is 1. The van der Waals surface area contributed by atoms with Crippen LogP contribution >= 0.6 is 11.3 Å². The van der Waals surface area contributed by atoms with E-state index in [-0.39, 0.29) is 16.3 Å². The first-order chi connectivity index (χ1) is 6.59. The predicted octanol–water partition coefficient (Wildman–Crippen LogP) is -0.00770. The molecule has 0 fully saturated rings. The topological polar surface area (TPSA) is 80.9 Å². The Hall–Kier alpha value is -1.24. The lowest BCUT2D eigenvalue weighted by atomic mass is 9.78. The Kier molecular flexibility index (Phi) is 2.11. The molecule has 1 aromatic heterocycles. The summed E-state index contributed by atoms with van der Waals surface area (Å²) in [5.41, 5.74) is 0.273. The highest BCUT2D eigenvalue weighted by molar-refractivity contribution is 7.21. The molecule has 0 spiro atoms. The molecular formula is C8H7BO4S. The van der Waals surface area contributed by atoms with Crippen LogP contribution in [0.4, 0.5) is 0 Å². The van der Waals surface area contributed by atoms with Gasteiger partial charge in [0.1, 0.15) is 5.75 Å². The fourth-order valence-electron chi connectivity index (χ4n) is 1.34. The maximum atomic E-state index is 9.43. The number of phenolic OH excluding ortho intramolecular Hbond substituents is 1. The van der Waals surface area contributed by atoms with Crippen molar-refractivity contribution in [3.05, 3.63) is 18.2 Å². The normalized spacial score (nSPS) is 10.7. The Morgan fingerprint density at radius 1 is 1.14 bits per heavy atom. The molecule has 0 aliphatic carbocycles. The van der Waals surface area contributed by atoms with Gasteiger partial charge in [-0.05, 0) is 23.0 Å². The Labute approximate surface area is 83.8 Å². The van der Waals surface area contributed by atoms with Gasteiger partial charge in [-0.3, -0.25) is 0 Å². The highest BCUT2D eigenvalue weighted by Crippen LogP contribution is 2.35. The van der Waals surface area contributed by atoms with E-state index in [0.29, 0.717) is 10.1 Å². The molecule has 1 heterocycles. The molecule has 0 aliphatic rings. The third kappa shape index (κ3) is 1.33. The maximum Gasteiger partial charge on any atom is 0.489 e. The van der Waals surface area contributed by atoms with Gasteiger partial charge in [-0.1, -0.05) is 17.4 Å². The number of aromatic hydroxyl groups is 2. The zero-order valence-corrected chi connectivity index (χ0v) is 7.82. The summed E-state index contributed by atoms with van der Waals surface area (Å²) in [7, 11) is -1.60. The second-order valence-corrected chi connectivity index (χ2v) is 3.91. The molecule has 0 unspecified atom stereocenters. The highest BCUT2D eigenvalue weighted by Gasteiger charge is 2.18. The van der Waals surface area contributed by atoms with Gasteiger partial charge in [0, 0.05) is 0 Å². The number of hydrogen-bond donors (Lipinski definition) is 4. The molecule has 0 radical (unpaired) electrons. The van der Waals surface area contributed by atoms with E-state index in [1.165, 1.54) is 18.2 Å². The van der Waals surface area contributed by atoms with E-state index in [0.717, 1.165) is 11.3 Å². The lowest BCUT2D eigenvalue weighted by Crippen LogP contribution is -2.29. The molecular weight excluding hydrogens is 203 g/mol. The zero-order valence-electron chi connectivity index (χ0n) is 7.01. The zero-order chi connectivity index (χ0) is 10.3. The van der Waals surface area contributed by atoms with Gasteiger partial charge in [-0.15, -0.1) is 0 Å². The Morgan fingerprint density at radius 3 is 2.50 bits per heavy atom. The van der Waals surface area contributed by atoms with Crippen molar-refractivity contribution in [2.75, 3.05) is 0 Å². The van der Waals surface area contributed by atoms with Crippen LogP contribution in [0.5, 0.6) is 10.8 Å². The van der Waals surface area contributed by atoms with Gasteiger partial charge < -0.3 is 20.3 Å². The monoisotopic (exact) mass is 210 g/mol. The van der Waals surface area contributed by atoms with Crippen molar-refractivity contribution in [2.24, 2.45) is 0 Å². The van der Waals surface area contributed by atoms with Crippen LogP contribution in [-0.4, -0.2) is 27.4 Å². The van der Waals surface area contributed by atoms with Gasteiger partial charge in [-0.25, -0.2) is 0 Å². The quantitative estimate of drug-likeness (QED) is 0.499. The summed E-state index contributed by atoms with van der Waals surface area (Å²) >= 11 is 0.994. The van der Waals surface area contributed by atoms with Crippen LogP contribution in [0.1, 0.15) is 0 Å². The molecule has 0 saturated carbocycles. The van der Waals surface area contributed by atoms with Crippen LogP contribution in [0.15, 0.2) is 18.2 Å². The van der Waals surface area contributed by atoms with Crippen molar-refractivity contribution in [3.63, 3.8) is 0 Å². The van der Waals surface area contributed by atoms with E-state index in [1.807, 2.05) is 0 Å². The second-order valence-electron chi connectivity index (χ2n) is 2.88. The van der Waals surface area contributed by atoms with E-state index in [1.54, 1.807) is 0 Å². The molecule has 0 amide bonds. The molecule has 1 aromatic carbocycles. The lowest BCUT2D eigenvalue weighted by Gasteiger charge is -2.01. The molecule has 6 heteroatoms. The molecule has 14 heavy (non-hydrogen) atoms. The fraction of sp³-hybridized carbons (Fsp3) is 0. The SMILES string of the molecule is OB(O)c1ccc(O)c2sc(O)cc12. The molecule has 4 N–H and O–H groups in total. The first-order valence-corrected chi connectivity index (χ1v) is 4.72. The standard InChI is InChI=1S/C8H7BO4S/c10-6-2-1-5(9(12)13)4-3-7(11)14-8(4)6/h1-3,10-13H. The fourth-order valence-corrected chi connectivity index (χ4v) is 2.19. The smallest absolute Gasteiger partial charge is 0.489 e. The number of thiophene rings is 1. The summed E-state index contributed by atoms with van der Waals surface area (Å²) in [4.78, 5) is 0. The van der Waals surface area contributed by atoms with E-state index in [4.69, 9.17) is 10.0 Å². The summed E-state index contributed by atoms with van der Waals surface area (Å²) in [5.74, 6) is 0.0229. The van der Waals surface area contributed by atoms with E-state index in [9.17, 15) is 10.2 Å². The third-order valence-electron chi connectivity index (χ3n) is 1.96. The minimum Gasteiger partial charge on any atom is -0.506 e. The number of fused-ring (bicyclic) bond motifs is 1. The maximum absolute atomic E-state index is 9.43. The largest absolute Gasteiger partial charge is 0.506 e. The minimum absolute atomic E-state index is 0.0229. The molecule has 72 valence electrons. The summed E-state index contributed by atoms with van der Waals surface area (Å²) in [6, 6.07) is 4.18. The Balaban J connectivity index is 2.81. The molecule has 2 aromatic rings. The Bertz CT molecular complexity index is 479. The average Bonchev–Trinajstić information content (AvgIpc) is 2.47. The van der Waals surface area contributed by atoms with Crippen molar-refractivity contribution >= 4 is 34.0 Å². The van der Waals surface area contributed by atoms with E-state index < -0.39 is 7.12 Å². The summed E-state index contributed by atoms with van der Waals surface area (Å²) in [5, 5.41) is 37.2. The van der Waals surface area contributed by atoms with Crippen LogP contribution in [0, 0.1) is 0 Å². The average molecular weight is 210 g/mol. The van der Waals surface area contributed by atoms with Crippen LogP contribution in [0.2, 0.25) is 0 Å². The van der Waals surface area contributed by atoms with Gasteiger partial charge in [0.2, 0.25) is 0 Å². The van der Waals surface area contributed by atoms with E-state index >= 15 is 0 Å². The second kappa shape index (κ2) is 3.16. The minimum atomic E-state index is -1.60. The van der Waals surface area contributed by atoms with Crippen LogP contribution in [0.3, 0.4) is 0 Å². The highest BCUT2D eigenvalue weighted by atomic mass is 32.1. The van der Waals surface area contributed by atoms with Crippen molar-refractivity contribution in [2.45, 2.75) is 0 Å². The Morgan fingerprint density at radius 2 is 1.86 bits per heavy atom. The van der Waals surface area contributed by atoms with Crippen LogP contribution < -0.4 is 5.46 Å². The van der Waals surface area contributed by atoms with Gasteiger partial charge in [0.25, 0.3) is 0 Å². The summed E-state index contributed by atoms with van der Waals surface area (Å²) < 4.78 is 0.452. The number of benzene rings is 1. The van der Waals surface area contributed by atoms with Crippen molar-refractivity contribution < 1.29 is 20.3 Å². The van der Waals surface area contributed by atoms with Crippen LogP contribution in [-0.2, 0) is 0 Å². The number of hydrogen-bond acceptors (Lipinski definition) is 5. The van der Waals surface area contributed by atoms with Crippen molar-refractivity contribution in [1.82, 2.24) is 0 Å². The first kappa shape index (κ1) is 9.33. The third-order valence-corrected chi connectivity index (χ3v) is 2.92. The molecule has 0 aliphatic heterocycles. The van der Waals surface area contributed by atoms with Gasteiger partial charge in [-0.2, -0.15) is 0 Å². The molecule has 4 nitrogen and oxygen atoms in total. The van der Waals surface area contributed by atoms with Crippen LogP contribution in [0.25, 0.3) is 10.1 Å². The van der Waals surface area contributed by atoms with Gasteiger partial charge in [0.15, 0.2) is 5.06 Å². The molecule has 0 saturated heterocycles. The molecule has 0 bridgehead atoms. The predicted molar refractivity (Wildman–Crippen MR) is 55.0 cm³/mol. The van der Waals surface area contributed by atoms with E-state index in [2.05, 4.69) is 0 Å². The lowest BCUT2D eigenvalue weighted by molar-refractivity contribution is 0.426. The summed E-state index contributed by atoms with van der Waals surface area (Å²) in [6.45, 7) is 0. The van der Waals surface area contributed by atoms with Gasteiger partial charge >= 0.3 is 7.12 Å². The molecule has 0 atom stereocenters. The first-order valence-electron chi connectivity index (χ1n) is 3.90. The van der Waals surface area contributed by atoms with Gasteiger partial charge in [0.05, 0.1) is 4.70 Å². The van der Waals surface area contributed by atoms with Crippen molar-refractivity contribution in [3.8, 4) is 10.8 Å². The summed E-state index contributed by atoms with van der Waals surface area (Å²) in [6.07, 6.45) is 0. The van der Waals surface area contributed by atoms with Crippen molar-refractivity contribution in [1.29, 1.82) is 0 Å². The number of phenols is 1. The molecule has 2 rings (SSSR count).